The fourth-order valence-corrected chi connectivity index (χ4v) is 0.993. The van der Waals surface area contributed by atoms with Gasteiger partial charge in [0.1, 0.15) is 0 Å². The highest BCUT2D eigenvalue weighted by atomic mass is 16.4. The van der Waals surface area contributed by atoms with E-state index in [-0.39, 0.29) is 0 Å². The van der Waals surface area contributed by atoms with Crippen LogP contribution in [0.3, 0.4) is 0 Å². The first-order valence-corrected chi connectivity index (χ1v) is 6.04. The van der Waals surface area contributed by atoms with E-state index in [0.29, 0.717) is 0 Å². The Morgan fingerprint density at radius 3 is 1.32 bits per heavy atom. The van der Waals surface area contributed by atoms with Crippen molar-refractivity contribution < 1.29 is 19.8 Å². The molecule has 0 aliphatic rings. The van der Waals surface area contributed by atoms with E-state index in [4.69, 9.17) is 19.8 Å². The minimum atomic E-state index is -1.82. The van der Waals surface area contributed by atoms with Crippen molar-refractivity contribution in [2.24, 2.45) is 0 Å². The fraction of sp³-hybridized carbons (Fsp3) is 0. The Hall–Kier alpha value is -3.28. The van der Waals surface area contributed by atoms with Crippen LogP contribution in [-0.4, -0.2) is 32.1 Å². The van der Waals surface area contributed by atoms with Gasteiger partial charge in [-0.2, -0.15) is 0 Å². The van der Waals surface area contributed by atoms with E-state index >= 15 is 0 Å². The molecule has 0 amide bonds. The lowest BCUT2D eigenvalue weighted by Crippen LogP contribution is -2.09. The van der Waals surface area contributed by atoms with Gasteiger partial charge in [0.05, 0.1) is 11.4 Å². The van der Waals surface area contributed by atoms with Gasteiger partial charge in [-0.3, -0.25) is 9.97 Å². The van der Waals surface area contributed by atoms with Gasteiger partial charge >= 0.3 is 11.9 Å². The maximum Gasteiger partial charge on any atom is 0.414 e. The van der Waals surface area contributed by atoms with Crippen LogP contribution < -0.4 is 0 Å². The number of nitrogens with zero attached hydrogens (tertiary/aromatic N) is 2. The molecule has 0 aromatic carbocycles. The minimum absolute atomic E-state index is 0.924. The molecule has 0 unspecified atom stereocenters. The molecule has 6 heteroatoms. The molecular weight excluding hydrogens is 284 g/mol. The van der Waals surface area contributed by atoms with Crippen molar-refractivity contribution in [2.75, 3.05) is 0 Å². The lowest BCUT2D eigenvalue weighted by Gasteiger charge is -1.84. The van der Waals surface area contributed by atoms with Gasteiger partial charge in [-0.1, -0.05) is 25.3 Å². The molecule has 22 heavy (non-hydrogen) atoms. The lowest BCUT2D eigenvalue weighted by molar-refractivity contribution is -0.159. The van der Waals surface area contributed by atoms with Crippen molar-refractivity contribution in [3.05, 3.63) is 73.3 Å². The largest absolute Gasteiger partial charge is 0.473 e. The zero-order valence-electron chi connectivity index (χ0n) is 11.8. The van der Waals surface area contributed by atoms with Gasteiger partial charge in [0.15, 0.2) is 0 Å². The summed E-state index contributed by atoms with van der Waals surface area (Å²) >= 11 is 0. The third kappa shape index (κ3) is 9.62. The average molecular weight is 300 g/mol. The molecule has 2 rings (SSSR count). The van der Waals surface area contributed by atoms with E-state index in [2.05, 4.69) is 23.1 Å². The molecule has 0 aliphatic carbocycles. The molecule has 0 spiro atoms. The summed E-state index contributed by atoms with van der Waals surface area (Å²) in [6, 6.07) is 11.5. The number of hydrogen-bond donors (Lipinski definition) is 2. The molecule has 0 fully saturated rings. The molecule has 0 saturated carbocycles. The van der Waals surface area contributed by atoms with Crippen molar-refractivity contribution in [3.63, 3.8) is 0 Å². The second-order valence-corrected chi connectivity index (χ2v) is 3.53. The number of carboxylic acid groups (broad SMARTS) is 2. The van der Waals surface area contributed by atoms with Gasteiger partial charge in [0, 0.05) is 12.4 Å². The second kappa shape index (κ2) is 11.5. The SMILES string of the molecule is C=Cc1ccccn1.C=Cc1ccccn1.O=C(O)C(=O)O. The fourth-order valence-electron chi connectivity index (χ4n) is 0.993. The zero-order chi connectivity index (χ0) is 16.8. The molecule has 2 N–H and O–H groups in total. The van der Waals surface area contributed by atoms with E-state index in [1.165, 1.54) is 0 Å². The van der Waals surface area contributed by atoms with Crippen molar-refractivity contribution in [1.29, 1.82) is 0 Å². The smallest absolute Gasteiger partial charge is 0.414 e. The van der Waals surface area contributed by atoms with Crippen LogP contribution in [0.2, 0.25) is 0 Å². The topological polar surface area (TPSA) is 100 Å². The Balaban J connectivity index is 0.000000306. The number of carbonyl (C=O) groups is 2. The van der Waals surface area contributed by atoms with Crippen LogP contribution in [0.25, 0.3) is 12.2 Å². The summed E-state index contributed by atoms with van der Waals surface area (Å²) in [5.74, 6) is -3.65. The number of carboxylic acids is 2. The van der Waals surface area contributed by atoms with Crippen LogP contribution in [-0.2, 0) is 9.59 Å². The van der Waals surface area contributed by atoms with Gasteiger partial charge in [-0.25, -0.2) is 9.59 Å². The number of hydrogen-bond acceptors (Lipinski definition) is 4. The van der Waals surface area contributed by atoms with Crippen molar-refractivity contribution in [2.45, 2.75) is 0 Å². The summed E-state index contributed by atoms with van der Waals surface area (Å²) in [5.41, 5.74) is 1.85. The molecule has 0 atom stereocenters. The summed E-state index contributed by atoms with van der Waals surface area (Å²) in [6.45, 7) is 7.14. The van der Waals surface area contributed by atoms with Crippen molar-refractivity contribution in [3.8, 4) is 0 Å². The second-order valence-electron chi connectivity index (χ2n) is 3.53. The summed E-state index contributed by atoms with van der Waals surface area (Å²) in [7, 11) is 0. The maximum atomic E-state index is 9.10. The van der Waals surface area contributed by atoms with Crippen LogP contribution in [0.5, 0.6) is 0 Å². The van der Waals surface area contributed by atoms with Gasteiger partial charge in [-0.15, -0.1) is 0 Å². The third-order valence-electron chi connectivity index (χ3n) is 1.98. The van der Waals surface area contributed by atoms with Gasteiger partial charge < -0.3 is 10.2 Å². The molecular formula is C16H16N2O4. The molecule has 0 radical (unpaired) electrons. The molecule has 2 aromatic heterocycles. The highest BCUT2D eigenvalue weighted by Gasteiger charge is 2.04. The van der Waals surface area contributed by atoms with Crippen LogP contribution in [0.4, 0.5) is 0 Å². The Morgan fingerprint density at radius 1 is 0.818 bits per heavy atom. The molecule has 0 saturated heterocycles. The van der Waals surface area contributed by atoms with Crippen LogP contribution in [0.1, 0.15) is 11.4 Å². The molecule has 0 aliphatic heterocycles. The van der Waals surface area contributed by atoms with Crippen molar-refractivity contribution in [1.82, 2.24) is 9.97 Å². The Morgan fingerprint density at radius 2 is 1.18 bits per heavy atom. The van der Waals surface area contributed by atoms with E-state index < -0.39 is 11.9 Å². The normalized spacial score (nSPS) is 8.18. The Bertz CT molecular complexity index is 543. The zero-order valence-corrected chi connectivity index (χ0v) is 11.8. The highest BCUT2D eigenvalue weighted by molar-refractivity contribution is 6.27. The lowest BCUT2D eigenvalue weighted by atomic mass is 10.4. The number of aliphatic carboxylic acids is 2. The van der Waals surface area contributed by atoms with Gasteiger partial charge in [0.2, 0.25) is 0 Å². The first kappa shape index (κ1) is 18.7. The summed E-state index contributed by atoms with van der Waals surface area (Å²) in [4.78, 5) is 26.2. The Labute approximate surface area is 128 Å². The van der Waals surface area contributed by atoms with Crippen LogP contribution in [0, 0.1) is 0 Å². The number of rotatable bonds is 2. The average Bonchev–Trinajstić information content (AvgIpc) is 2.57. The summed E-state index contributed by atoms with van der Waals surface area (Å²) in [5, 5.41) is 14.8. The standard InChI is InChI=1S/2C7H7N.C2H2O4/c2*1-2-7-5-3-4-6-8-7;3-1(4)2(5)6/h2*2-6H,1H2;(H,3,4)(H,5,6). The highest BCUT2D eigenvalue weighted by Crippen LogP contribution is 1.92. The van der Waals surface area contributed by atoms with E-state index in [9.17, 15) is 0 Å². The van der Waals surface area contributed by atoms with Crippen LogP contribution in [0.15, 0.2) is 61.9 Å². The van der Waals surface area contributed by atoms with E-state index in [1.807, 2.05) is 36.4 Å². The monoisotopic (exact) mass is 300 g/mol. The quantitative estimate of drug-likeness (QED) is 0.827. The molecule has 2 aromatic rings. The minimum Gasteiger partial charge on any atom is -0.473 e. The number of pyridine rings is 2. The van der Waals surface area contributed by atoms with E-state index in [0.717, 1.165) is 11.4 Å². The van der Waals surface area contributed by atoms with Gasteiger partial charge in [0.25, 0.3) is 0 Å². The third-order valence-corrected chi connectivity index (χ3v) is 1.98. The van der Waals surface area contributed by atoms with Crippen LogP contribution >= 0.6 is 0 Å². The Kier molecular flexibility index (Phi) is 9.82. The first-order chi connectivity index (χ1) is 10.5. The molecule has 114 valence electrons. The number of aromatic nitrogens is 2. The van der Waals surface area contributed by atoms with Crippen molar-refractivity contribution >= 4 is 24.1 Å². The maximum absolute atomic E-state index is 9.10. The molecule has 6 nitrogen and oxygen atoms in total. The first-order valence-electron chi connectivity index (χ1n) is 6.04. The van der Waals surface area contributed by atoms with E-state index in [1.54, 1.807) is 24.5 Å². The van der Waals surface area contributed by atoms with Gasteiger partial charge in [-0.05, 0) is 36.4 Å². The molecule has 2 heterocycles. The predicted molar refractivity (Wildman–Crippen MR) is 83.9 cm³/mol. The predicted octanol–water partition coefficient (Wildman–Crippen LogP) is 2.60. The summed E-state index contributed by atoms with van der Waals surface area (Å²) < 4.78 is 0. The molecule has 0 bridgehead atoms. The summed E-state index contributed by atoms with van der Waals surface area (Å²) in [6.07, 6.45) is 6.94.